The third kappa shape index (κ3) is 5.49. The molecule has 0 fully saturated rings. The third-order valence-electron chi connectivity index (χ3n) is 2.08. The smallest absolute Gasteiger partial charge is 0.226 e. The van der Waals surface area contributed by atoms with Crippen LogP contribution in [-0.2, 0) is 4.74 Å². The van der Waals surface area contributed by atoms with Gasteiger partial charge in [0, 0.05) is 31.5 Å². The van der Waals surface area contributed by atoms with Gasteiger partial charge in [-0.25, -0.2) is 4.98 Å². The predicted octanol–water partition coefficient (Wildman–Crippen LogP) is 2.02. The number of hydrogen-bond acceptors (Lipinski definition) is 5. The fourth-order valence-corrected chi connectivity index (χ4v) is 1.36. The molecule has 1 rings (SSSR count). The maximum atomic E-state index is 5.36. The molecule has 0 atom stereocenters. The number of anilines is 1. The lowest BCUT2D eigenvalue weighted by Gasteiger charge is -2.08. The summed E-state index contributed by atoms with van der Waals surface area (Å²) in [5.41, 5.74) is 0.899. The molecule has 5 heteroatoms. The van der Waals surface area contributed by atoms with Crippen molar-refractivity contribution in [2.45, 2.75) is 27.2 Å². The monoisotopic (exact) mass is 239 g/mol. The molecule has 0 aliphatic rings. The Morgan fingerprint density at radius 2 is 2.06 bits per heavy atom. The molecule has 5 nitrogen and oxygen atoms in total. The van der Waals surface area contributed by atoms with Gasteiger partial charge in [-0.3, -0.25) is 0 Å². The van der Waals surface area contributed by atoms with Crippen molar-refractivity contribution in [3.05, 3.63) is 11.8 Å². The van der Waals surface area contributed by atoms with Gasteiger partial charge < -0.3 is 14.8 Å². The van der Waals surface area contributed by atoms with Crippen LogP contribution in [0.15, 0.2) is 6.07 Å². The van der Waals surface area contributed by atoms with Crippen LogP contribution in [-0.4, -0.2) is 36.3 Å². The molecule has 0 spiro atoms. The summed E-state index contributed by atoms with van der Waals surface area (Å²) in [6, 6.07) is 1.83. The molecule has 1 aromatic heterocycles. The number of ether oxygens (including phenoxy) is 2. The molecule has 0 bridgehead atoms. The number of nitrogens with zero attached hydrogens (tertiary/aromatic N) is 2. The van der Waals surface area contributed by atoms with Crippen molar-refractivity contribution in [1.29, 1.82) is 0 Å². The van der Waals surface area contributed by atoms with E-state index in [1.54, 1.807) is 0 Å². The Morgan fingerprint density at radius 3 is 2.76 bits per heavy atom. The molecule has 0 aliphatic carbocycles. The summed E-state index contributed by atoms with van der Waals surface area (Å²) in [4.78, 5) is 8.55. The van der Waals surface area contributed by atoms with Crippen molar-refractivity contribution in [3.8, 4) is 5.88 Å². The maximum absolute atomic E-state index is 5.36. The molecule has 0 unspecified atom stereocenters. The Hall–Kier alpha value is -1.36. The number of aryl methyl sites for hydroxylation is 1. The van der Waals surface area contributed by atoms with E-state index in [0.717, 1.165) is 31.9 Å². The van der Waals surface area contributed by atoms with Crippen molar-refractivity contribution < 1.29 is 9.47 Å². The molecule has 0 aromatic carbocycles. The van der Waals surface area contributed by atoms with Crippen LogP contribution in [0.5, 0.6) is 5.88 Å². The second kappa shape index (κ2) is 7.84. The van der Waals surface area contributed by atoms with Crippen molar-refractivity contribution in [2.24, 2.45) is 0 Å². The van der Waals surface area contributed by atoms with Gasteiger partial charge in [0.25, 0.3) is 0 Å². The minimum absolute atomic E-state index is 0.611. The van der Waals surface area contributed by atoms with Crippen LogP contribution in [0.4, 0.5) is 5.95 Å². The molecule has 0 saturated carbocycles. The minimum Gasteiger partial charge on any atom is -0.478 e. The average Bonchev–Trinajstić information content (AvgIpc) is 2.28. The molecule has 0 amide bonds. The molecule has 96 valence electrons. The Balaban J connectivity index is 2.41. The average molecular weight is 239 g/mol. The van der Waals surface area contributed by atoms with Crippen LogP contribution in [0.1, 0.15) is 26.0 Å². The van der Waals surface area contributed by atoms with Crippen LogP contribution >= 0.6 is 0 Å². The third-order valence-corrected chi connectivity index (χ3v) is 2.08. The summed E-state index contributed by atoms with van der Waals surface area (Å²) < 4.78 is 10.6. The van der Waals surface area contributed by atoms with Gasteiger partial charge in [0.2, 0.25) is 11.8 Å². The lowest BCUT2D eigenvalue weighted by Crippen LogP contribution is -2.09. The summed E-state index contributed by atoms with van der Waals surface area (Å²) in [5, 5.41) is 3.16. The highest BCUT2D eigenvalue weighted by atomic mass is 16.5. The first-order chi connectivity index (χ1) is 8.26. The van der Waals surface area contributed by atoms with Gasteiger partial charge >= 0.3 is 0 Å². The highest BCUT2D eigenvalue weighted by Gasteiger charge is 2.01. The van der Waals surface area contributed by atoms with Crippen molar-refractivity contribution >= 4 is 5.95 Å². The van der Waals surface area contributed by atoms with Gasteiger partial charge in [0.05, 0.1) is 6.61 Å². The standard InChI is InChI=1S/C12H21N3O2/c1-4-16-8-6-7-13-12-14-10(3)9-11(15-12)17-5-2/h9H,4-8H2,1-3H3,(H,13,14,15). The van der Waals surface area contributed by atoms with Gasteiger partial charge in [0.1, 0.15) is 0 Å². The quantitative estimate of drug-likeness (QED) is 0.703. The van der Waals surface area contributed by atoms with Crippen LogP contribution in [0, 0.1) is 6.92 Å². The van der Waals surface area contributed by atoms with Gasteiger partial charge in [-0.15, -0.1) is 0 Å². The molecular weight excluding hydrogens is 218 g/mol. The summed E-state index contributed by atoms with van der Waals surface area (Å²) in [6.45, 7) is 8.78. The molecule has 1 heterocycles. The lowest BCUT2D eigenvalue weighted by atomic mass is 10.4. The zero-order valence-electron chi connectivity index (χ0n) is 10.8. The highest BCUT2D eigenvalue weighted by Crippen LogP contribution is 2.11. The maximum Gasteiger partial charge on any atom is 0.226 e. The lowest BCUT2D eigenvalue weighted by molar-refractivity contribution is 0.147. The Morgan fingerprint density at radius 1 is 1.24 bits per heavy atom. The molecular formula is C12H21N3O2. The minimum atomic E-state index is 0.611. The summed E-state index contributed by atoms with van der Waals surface area (Å²) in [5.74, 6) is 1.23. The fourth-order valence-electron chi connectivity index (χ4n) is 1.36. The molecule has 0 saturated heterocycles. The fraction of sp³-hybridized carbons (Fsp3) is 0.667. The first-order valence-electron chi connectivity index (χ1n) is 6.06. The zero-order valence-corrected chi connectivity index (χ0v) is 10.8. The van der Waals surface area contributed by atoms with Crippen molar-refractivity contribution in [2.75, 3.05) is 31.7 Å². The van der Waals surface area contributed by atoms with E-state index < -0.39 is 0 Å². The Kier molecular flexibility index (Phi) is 6.32. The Labute approximate surface area is 103 Å². The van der Waals surface area contributed by atoms with Gasteiger partial charge in [-0.05, 0) is 27.2 Å². The second-order valence-electron chi connectivity index (χ2n) is 3.58. The summed E-state index contributed by atoms with van der Waals surface area (Å²) >= 11 is 0. The van der Waals surface area contributed by atoms with Crippen LogP contribution < -0.4 is 10.1 Å². The van der Waals surface area contributed by atoms with Crippen LogP contribution in [0.3, 0.4) is 0 Å². The van der Waals surface area contributed by atoms with Crippen molar-refractivity contribution in [1.82, 2.24) is 9.97 Å². The second-order valence-corrected chi connectivity index (χ2v) is 3.58. The highest BCUT2D eigenvalue weighted by molar-refractivity contribution is 5.30. The van der Waals surface area contributed by atoms with E-state index in [0.29, 0.717) is 18.4 Å². The SMILES string of the molecule is CCOCCCNc1nc(C)cc(OCC)n1. The molecule has 1 N–H and O–H groups in total. The van der Waals surface area contributed by atoms with Gasteiger partial charge in [-0.1, -0.05) is 0 Å². The Bertz CT molecular complexity index is 332. The van der Waals surface area contributed by atoms with E-state index in [9.17, 15) is 0 Å². The van der Waals surface area contributed by atoms with E-state index in [1.165, 1.54) is 0 Å². The molecule has 1 aromatic rings. The zero-order chi connectivity index (χ0) is 12.5. The van der Waals surface area contributed by atoms with E-state index in [1.807, 2.05) is 26.8 Å². The predicted molar refractivity (Wildman–Crippen MR) is 67.5 cm³/mol. The number of rotatable bonds is 8. The molecule has 0 radical (unpaired) electrons. The summed E-state index contributed by atoms with van der Waals surface area (Å²) in [6.07, 6.45) is 0.940. The van der Waals surface area contributed by atoms with E-state index >= 15 is 0 Å². The molecule has 0 aliphatic heterocycles. The number of nitrogens with one attached hydrogen (secondary N) is 1. The molecule has 17 heavy (non-hydrogen) atoms. The van der Waals surface area contributed by atoms with E-state index in [2.05, 4.69) is 15.3 Å². The number of aromatic nitrogens is 2. The normalized spacial score (nSPS) is 10.3. The van der Waals surface area contributed by atoms with Crippen LogP contribution in [0.25, 0.3) is 0 Å². The topological polar surface area (TPSA) is 56.3 Å². The van der Waals surface area contributed by atoms with E-state index in [-0.39, 0.29) is 0 Å². The number of hydrogen-bond donors (Lipinski definition) is 1. The van der Waals surface area contributed by atoms with Crippen molar-refractivity contribution in [3.63, 3.8) is 0 Å². The first-order valence-corrected chi connectivity index (χ1v) is 6.06. The largest absolute Gasteiger partial charge is 0.478 e. The van der Waals surface area contributed by atoms with Crippen LogP contribution in [0.2, 0.25) is 0 Å². The first kappa shape index (κ1) is 13.7. The van der Waals surface area contributed by atoms with E-state index in [4.69, 9.17) is 9.47 Å². The summed E-state index contributed by atoms with van der Waals surface area (Å²) in [7, 11) is 0. The van der Waals surface area contributed by atoms with Gasteiger partial charge in [-0.2, -0.15) is 4.98 Å². The van der Waals surface area contributed by atoms with Gasteiger partial charge in [0.15, 0.2) is 0 Å².